The van der Waals surface area contributed by atoms with Gasteiger partial charge in [-0.25, -0.2) is 14.3 Å². The second kappa shape index (κ2) is 5.56. The van der Waals surface area contributed by atoms with Crippen molar-refractivity contribution >= 4 is 34.4 Å². The third-order valence-electron chi connectivity index (χ3n) is 3.46. The van der Waals surface area contributed by atoms with Gasteiger partial charge >= 0.3 is 0 Å². The van der Waals surface area contributed by atoms with Crippen molar-refractivity contribution in [1.82, 2.24) is 38.9 Å². The summed E-state index contributed by atoms with van der Waals surface area (Å²) < 4.78 is 7.31. The number of aromatic nitrogens is 8. The maximum Gasteiger partial charge on any atom is 0.252 e. The Hall–Kier alpha value is -3.46. The minimum atomic E-state index is 0.276. The summed E-state index contributed by atoms with van der Waals surface area (Å²) in [5.74, 6) is 1.64. The van der Waals surface area contributed by atoms with Gasteiger partial charge in [0.15, 0.2) is 11.5 Å². The Labute approximate surface area is 145 Å². The molecule has 0 aliphatic carbocycles. The van der Waals surface area contributed by atoms with Crippen molar-refractivity contribution < 1.29 is 0 Å². The van der Waals surface area contributed by atoms with Crippen molar-refractivity contribution in [1.29, 1.82) is 0 Å². The van der Waals surface area contributed by atoms with Gasteiger partial charge < -0.3 is 0 Å². The number of rotatable bonds is 3. The number of hydrogen-bond acceptors (Lipinski definition) is 8. The van der Waals surface area contributed by atoms with Gasteiger partial charge in [-0.05, 0) is 20.8 Å². The van der Waals surface area contributed by atoms with E-state index in [1.807, 2.05) is 13.8 Å². The molecule has 0 aliphatic heterocycles. The largest absolute Gasteiger partial charge is 0.293 e. The van der Waals surface area contributed by atoms with E-state index in [9.17, 15) is 0 Å². The molecule has 25 heavy (non-hydrogen) atoms. The summed E-state index contributed by atoms with van der Waals surface area (Å²) in [7, 11) is 0. The van der Waals surface area contributed by atoms with Crippen LogP contribution in [0, 0.1) is 27.3 Å². The third kappa shape index (κ3) is 2.37. The zero-order chi connectivity index (χ0) is 17.6. The molecule has 0 atom stereocenters. The maximum atomic E-state index is 7.30. The highest BCUT2D eigenvalue weighted by Gasteiger charge is 2.17. The molecular formula is C13H11N11S. The molecule has 4 aromatic heterocycles. The van der Waals surface area contributed by atoms with E-state index >= 15 is 0 Å². The van der Waals surface area contributed by atoms with Crippen molar-refractivity contribution in [3.63, 3.8) is 0 Å². The molecule has 1 N–H and O–H groups in total. The number of aryl methyl sites for hydroxylation is 3. The Kier molecular flexibility index (Phi) is 3.36. The van der Waals surface area contributed by atoms with E-state index in [2.05, 4.69) is 44.8 Å². The lowest BCUT2D eigenvalue weighted by atomic mass is 10.4. The van der Waals surface area contributed by atoms with Crippen LogP contribution in [0.1, 0.15) is 17.3 Å². The van der Waals surface area contributed by atoms with Crippen LogP contribution in [0.25, 0.3) is 15.6 Å². The molecule has 4 aromatic rings. The third-order valence-corrected chi connectivity index (χ3v) is 4.24. The summed E-state index contributed by atoms with van der Waals surface area (Å²) in [6.45, 7) is 12.8. The van der Waals surface area contributed by atoms with Crippen LogP contribution in [0.3, 0.4) is 0 Å². The molecule has 124 valence electrons. The predicted molar refractivity (Wildman–Crippen MR) is 89.0 cm³/mol. The van der Waals surface area contributed by atoms with Crippen LogP contribution < -0.4 is 0 Å². The van der Waals surface area contributed by atoms with Crippen molar-refractivity contribution in [3.8, 4) is 5.13 Å². The molecule has 0 saturated heterocycles. The molecule has 12 heteroatoms. The van der Waals surface area contributed by atoms with Gasteiger partial charge in [0, 0.05) is 11.5 Å². The van der Waals surface area contributed by atoms with Crippen LogP contribution >= 0.6 is 11.5 Å². The first-order chi connectivity index (χ1) is 12.1. The van der Waals surface area contributed by atoms with Crippen LogP contribution in [0.5, 0.6) is 0 Å². The fourth-order valence-electron chi connectivity index (χ4n) is 2.27. The molecule has 0 aliphatic rings. The standard InChI is InChI=1S/C13H11N11S/c1-6-10(12-20-17-8(3)23(12)21-6)18-19-11-9(14-4)5-15-24(11)13-16-7(2)22-25-13/h5,21H,1-3H3. The second-order valence-corrected chi connectivity index (χ2v) is 5.92. The van der Waals surface area contributed by atoms with Crippen LogP contribution in [0.2, 0.25) is 0 Å². The first-order valence-corrected chi connectivity index (χ1v) is 7.94. The van der Waals surface area contributed by atoms with Gasteiger partial charge in [0.05, 0.1) is 18.5 Å². The van der Waals surface area contributed by atoms with E-state index in [4.69, 9.17) is 6.57 Å². The Balaban J connectivity index is 1.82. The highest BCUT2D eigenvalue weighted by Crippen LogP contribution is 2.33. The maximum absolute atomic E-state index is 7.30. The van der Waals surface area contributed by atoms with Gasteiger partial charge in [0.25, 0.3) is 5.69 Å². The van der Waals surface area contributed by atoms with Gasteiger partial charge in [-0.3, -0.25) is 5.10 Å². The highest BCUT2D eigenvalue weighted by atomic mass is 32.1. The monoisotopic (exact) mass is 353 g/mol. The van der Waals surface area contributed by atoms with E-state index < -0.39 is 0 Å². The first-order valence-electron chi connectivity index (χ1n) is 7.16. The highest BCUT2D eigenvalue weighted by molar-refractivity contribution is 7.08. The van der Waals surface area contributed by atoms with Crippen LogP contribution in [-0.2, 0) is 0 Å². The molecule has 0 bridgehead atoms. The van der Waals surface area contributed by atoms with E-state index in [-0.39, 0.29) is 5.69 Å². The zero-order valence-corrected chi connectivity index (χ0v) is 14.3. The summed E-state index contributed by atoms with van der Waals surface area (Å²) in [4.78, 5) is 7.72. The minimum absolute atomic E-state index is 0.276. The molecular weight excluding hydrogens is 342 g/mol. The first kappa shape index (κ1) is 15.1. The number of aromatic amines is 1. The molecule has 0 unspecified atom stereocenters. The summed E-state index contributed by atoms with van der Waals surface area (Å²) in [5.41, 5.74) is 2.19. The molecule has 4 heterocycles. The van der Waals surface area contributed by atoms with Gasteiger partial charge in [-0.1, -0.05) is 0 Å². The minimum Gasteiger partial charge on any atom is -0.293 e. The zero-order valence-electron chi connectivity index (χ0n) is 13.5. The summed E-state index contributed by atoms with van der Waals surface area (Å²) >= 11 is 1.18. The SMILES string of the molecule is [C-]#[N+]c1cnn(-c2nc(C)ns2)c1N=Nc1c(C)[nH]n2c(C)nnc12. The molecule has 0 fully saturated rings. The second-order valence-electron chi connectivity index (χ2n) is 5.19. The van der Waals surface area contributed by atoms with Crippen molar-refractivity contribution in [2.45, 2.75) is 20.8 Å². The summed E-state index contributed by atoms with van der Waals surface area (Å²) in [5, 5.41) is 24.4. The number of H-pyrrole nitrogens is 1. The average molecular weight is 353 g/mol. The quantitative estimate of drug-likeness (QED) is 0.448. The lowest BCUT2D eigenvalue weighted by molar-refractivity contribution is 0.855. The average Bonchev–Trinajstić information content (AvgIpc) is 3.33. The summed E-state index contributed by atoms with van der Waals surface area (Å²) in [6, 6.07) is 0. The van der Waals surface area contributed by atoms with Gasteiger partial charge in [-0.15, -0.1) is 20.4 Å². The fraction of sp³-hybridized carbons (Fsp3) is 0.231. The molecule has 0 aromatic carbocycles. The van der Waals surface area contributed by atoms with Gasteiger partial charge in [-0.2, -0.15) is 14.2 Å². The molecule has 11 nitrogen and oxygen atoms in total. The van der Waals surface area contributed by atoms with Gasteiger partial charge in [0.1, 0.15) is 11.6 Å². The Morgan fingerprint density at radius 2 is 2.08 bits per heavy atom. The normalized spacial score (nSPS) is 11.6. The van der Waals surface area contributed by atoms with Gasteiger partial charge in [0.2, 0.25) is 10.8 Å². The number of hydrogen-bond donors (Lipinski definition) is 1. The molecule has 4 rings (SSSR count). The van der Waals surface area contributed by atoms with Crippen LogP contribution in [0.15, 0.2) is 16.4 Å². The van der Waals surface area contributed by atoms with Crippen LogP contribution in [0.4, 0.5) is 17.2 Å². The number of fused-ring (bicyclic) bond motifs is 1. The smallest absolute Gasteiger partial charge is 0.252 e. The van der Waals surface area contributed by atoms with Crippen molar-refractivity contribution in [2.75, 3.05) is 0 Å². The summed E-state index contributed by atoms with van der Waals surface area (Å²) in [6.07, 6.45) is 1.43. The van der Waals surface area contributed by atoms with E-state index in [0.29, 0.717) is 28.1 Å². The van der Waals surface area contributed by atoms with Crippen LogP contribution in [-0.4, -0.2) is 38.9 Å². The predicted octanol–water partition coefficient (Wildman–Crippen LogP) is 2.99. The molecule has 0 radical (unpaired) electrons. The fourth-order valence-corrected chi connectivity index (χ4v) is 2.91. The van der Waals surface area contributed by atoms with E-state index in [1.54, 1.807) is 11.4 Å². The topological polar surface area (TPSA) is 119 Å². The number of nitrogens with one attached hydrogen (secondary N) is 1. The molecule has 0 spiro atoms. The Morgan fingerprint density at radius 3 is 2.80 bits per heavy atom. The molecule has 0 saturated carbocycles. The number of nitrogens with zero attached hydrogens (tertiary/aromatic N) is 10. The Bertz CT molecular complexity index is 1150. The van der Waals surface area contributed by atoms with Crippen molar-refractivity contribution in [2.24, 2.45) is 10.2 Å². The Morgan fingerprint density at radius 1 is 1.24 bits per heavy atom. The lowest BCUT2D eigenvalue weighted by Crippen LogP contribution is -1.94. The number of azo groups is 1. The van der Waals surface area contributed by atoms with E-state index in [0.717, 1.165) is 11.5 Å². The lowest BCUT2D eigenvalue weighted by Gasteiger charge is -1.97. The van der Waals surface area contributed by atoms with Crippen molar-refractivity contribution in [3.05, 3.63) is 35.0 Å². The molecule has 0 amide bonds. The van der Waals surface area contributed by atoms with E-state index in [1.165, 1.54) is 22.4 Å².